The van der Waals surface area contributed by atoms with E-state index in [2.05, 4.69) is 19.2 Å². The summed E-state index contributed by atoms with van der Waals surface area (Å²) in [4.78, 5) is 12.1. The number of rotatable bonds is 7. The van der Waals surface area contributed by atoms with E-state index < -0.39 is 11.7 Å². The first-order chi connectivity index (χ1) is 11.2. The zero-order valence-electron chi connectivity index (χ0n) is 15.9. The molecule has 1 N–H and O–H groups in total. The Balaban J connectivity index is 3.03. The fourth-order valence-electron chi connectivity index (χ4n) is 2.33. The van der Waals surface area contributed by atoms with Crippen LogP contribution < -0.4 is 14.8 Å². The Morgan fingerprint density at radius 1 is 1.08 bits per heavy atom. The highest BCUT2D eigenvalue weighted by Gasteiger charge is 2.23. The van der Waals surface area contributed by atoms with Crippen molar-refractivity contribution in [2.45, 2.75) is 60.1 Å². The van der Waals surface area contributed by atoms with Gasteiger partial charge < -0.3 is 19.5 Å². The highest BCUT2D eigenvalue weighted by Crippen LogP contribution is 2.33. The van der Waals surface area contributed by atoms with E-state index in [1.165, 1.54) is 0 Å². The van der Waals surface area contributed by atoms with E-state index >= 15 is 0 Å². The van der Waals surface area contributed by atoms with E-state index in [9.17, 15) is 4.79 Å². The Morgan fingerprint density at radius 2 is 1.67 bits per heavy atom. The first kappa shape index (κ1) is 20.1. The Morgan fingerprint density at radius 3 is 2.17 bits per heavy atom. The number of hydrogen-bond acceptors (Lipinski definition) is 4. The molecule has 0 heterocycles. The zero-order valence-corrected chi connectivity index (χ0v) is 15.9. The van der Waals surface area contributed by atoms with E-state index in [-0.39, 0.29) is 12.0 Å². The van der Waals surface area contributed by atoms with Gasteiger partial charge in [-0.3, -0.25) is 0 Å². The number of carbonyl (C=O) groups is 1. The standard InChI is InChI=1S/C19H31NO4/c1-8-22-15-11-10-14(12-16(15)23-9-2)17(13(3)4)20-18(21)24-19(5,6)7/h10-13,17H,8-9H2,1-7H3,(H,20,21)/t17-/m1/s1. The van der Waals surface area contributed by atoms with Gasteiger partial charge in [0, 0.05) is 0 Å². The molecule has 0 bridgehead atoms. The molecule has 1 rings (SSSR count). The van der Waals surface area contributed by atoms with Gasteiger partial charge in [0.1, 0.15) is 5.60 Å². The minimum atomic E-state index is -0.527. The molecule has 0 unspecified atom stereocenters. The molecule has 136 valence electrons. The summed E-state index contributed by atoms with van der Waals surface area (Å²) in [6.07, 6.45) is -0.423. The Bertz CT molecular complexity index is 535. The quantitative estimate of drug-likeness (QED) is 0.783. The molecule has 1 aromatic carbocycles. The highest BCUT2D eigenvalue weighted by molar-refractivity contribution is 5.68. The van der Waals surface area contributed by atoms with Gasteiger partial charge >= 0.3 is 6.09 Å². The summed E-state index contributed by atoms with van der Waals surface area (Å²) in [6.45, 7) is 14.6. The van der Waals surface area contributed by atoms with Crippen LogP contribution in [-0.4, -0.2) is 24.9 Å². The summed E-state index contributed by atoms with van der Waals surface area (Å²) in [5.74, 6) is 1.60. The van der Waals surface area contributed by atoms with Gasteiger partial charge in [-0.15, -0.1) is 0 Å². The fraction of sp³-hybridized carbons (Fsp3) is 0.632. The van der Waals surface area contributed by atoms with Crippen LogP contribution in [0.5, 0.6) is 11.5 Å². The van der Waals surface area contributed by atoms with Crippen molar-refractivity contribution in [3.05, 3.63) is 23.8 Å². The van der Waals surface area contributed by atoms with Gasteiger partial charge in [-0.1, -0.05) is 19.9 Å². The Labute approximate surface area is 145 Å². The van der Waals surface area contributed by atoms with Crippen LogP contribution >= 0.6 is 0 Å². The average Bonchev–Trinajstić information content (AvgIpc) is 2.45. The predicted molar refractivity (Wildman–Crippen MR) is 95.7 cm³/mol. The smallest absolute Gasteiger partial charge is 0.408 e. The molecule has 0 radical (unpaired) electrons. The normalized spacial score (nSPS) is 12.7. The maximum atomic E-state index is 12.1. The zero-order chi connectivity index (χ0) is 18.3. The summed E-state index contributed by atoms with van der Waals surface area (Å²) < 4.78 is 16.6. The lowest BCUT2D eigenvalue weighted by Crippen LogP contribution is -2.36. The summed E-state index contributed by atoms with van der Waals surface area (Å²) >= 11 is 0. The third-order valence-corrected chi connectivity index (χ3v) is 3.27. The molecule has 0 aliphatic rings. The van der Waals surface area contributed by atoms with Gasteiger partial charge in [0.05, 0.1) is 19.3 Å². The molecule has 0 aromatic heterocycles. The van der Waals surface area contributed by atoms with Gasteiger partial charge in [0.15, 0.2) is 11.5 Å². The summed E-state index contributed by atoms with van der Waals surface area (Å²) in [5.41, 5.74) is 0.434. The minimum absolute atomic E-state index is 0.172. The lowest BCUT2D eigenvalue weighted by Gasteiger charge is -2.26. The van der Waals surface area contributed by atoms with Crippen molar-refractivity contribution in [3.63, 3.8) is 0 Å². The van der Waals surface area contributed by atoms with E-state index in [1.54, 1.807) is 0 Å². The summed E-state index contributed by atoms with van der Waals surface area (Å²) in [7, 11) is 0. The third-order valence-electron chi connectivity index (χ3n) is 3.27. The number of amides is 1. The first-order valence-electron chi connectivity index (χ1n) is 8.57. The number of alkyl carbamates (subject to hydrolysis) is 1. The van der Waals surface area contributed by atoms with Crippen molar-refractivity contribution in [2.75, 3.05) is 13.2 Å². The molecule has 0 aliphatic carbocycles. The lowest BCUT2D eigenvalue weighted by atomic mass is 9.96. The van der Waals surface area contributed by atoms with Gasteiger partial charge in [-0.25, -0.2) is 4.79 Å². The van der Waals surface area contributed by atoms with E-state index in [0.29, 0.717) is 24.7 Å². The number of nitrogens with one attached hydrogen (secondary N) is 1. The molecule has 24 heavy (non-hydrogen) atoms. The second-order valence-corrected chi connectivity index (χ2v) is 6.94. The van der Waals surface area contributed by atoms with Crippen molar-refractivity contribution >= 4 is 6.09 Å². The molecular formula is C19H31NO4. The van der Waals surface area contributed by atoms with E-state index in [0.717, 1.165) is 5.56 Å². The Hall–Kier alpha value is -1.91. The Kier molecular flexibility index (Phi) is 7.39. The average molecular weight is 337 g/mol. The molecule has 5 nitrogen and oxygen atoms in total. The summed E-state index contributed by atoms with van der Waals surface area (Å²) in [5, 5.41) is 2.95. The van der Waals surface area contributed by atoms with Crippen molar-refractivity contribution < 1.29 is 19.0 Å². The van der Waals surface area contributed by atoms with Crippen molar-refractivity contribution in [1.82, 2.24) is 5.32 Å². The van der Waals surface area contributed by atoms with E-state index in [1.807, 2.05) is 52.8 Å². The molecule has 0 saturated carbocycles. The van der Waals surface area contributed by atoms with Crippen LogP contribution in [0.4, 0.5) is 4.79 Å². The molecule has 1 atom stereocenters. The van der Waals surface area contributed by atoms with Gasteiger partial charge in [-0.2, -0.15) is 0 Å². The number of benzene rings is 1. The van der Waals surface area contributed by atoms with Crippen LogP contribution in [0.25, 0.3) is 0 Å². The number of ether oxygens (including phenoxy) is 3. The lowest BCUT2D eigenvalue weighted by molar-refractivity contribution is 0.0489. The second-order valence-electron chi connectivity index (χ2n) is 6.94. The van der Waals surface area contributed by atoms with Crippen LogP contribution in [-0.2, 0) is 4.74 Å². The topological polar surface area (TPSA) is 56.8 Å². The fourth-order valence-corrected chi connectivity index (χ4v) is 2.33. The molecule has 1 amide bonds. The van der Waals surface area contributed by atoms with Gasteiger partial charge in [0.25, 0.3) is 0 Å². The highest BCUT2D eigenvalue weighted by atomic mass is 16.6. The number of carbonyl (C=O) groups excluding carboxylic acids is 1. The van der Waals surface area contributed by atoms with Crippen molar-refractivity contribution in [2.24, 2.45) is 5.92 Å². The summed E-state index contributed by atoms with van der Waals surface area (Å²) in [6, 6.07) is 5.59. The molecule has 0 fully saturated rings. The first-order valence-corrected chi connectivity index (χ1v) is 8.57. The largest absolute Gasteiger partial charge is 0.490 e. The van der Waals surface area contributed by atoms with Gasteiger partial charge in [0.2, 0.25) is 0 Å². The molecule has 0 saturated heterocycles. The predicted octanol–water partition coefficient (Wildman–Crippen LogP) is 4.71. The molecule has 0 aliphatic heterocycles. The molecule has 0 spiro atoms. The van der Waals surface area contributed by atoms with Crippen LogP contribution in [0.1, 0.15) is 60.1 Å². The van der Waals surface area contributed by atoms with Crippen molar-refractivity contribution in [3.8, 4) is 11.5 Å². The van der Waals surface area contributed by atoms with Crippen LogP contribution in [0.15, 0.2) is 18.2 Å². The molecule has 5 heteroatoms. The van der Waals surface area contributed by atoms with Crippen molar-refractivity contribution in [1.29, 1.82) is 0 Å². The molecule has 1 aromatic rings. The van der Waals surface area contributed by atoms with Crippen LogP contribution in [0.3, 0.4) is 0 Å². The molecular weight excluding hydrogens is 306 g/mol. The minimum Gasteiger partial charge on any atom is -0.490 e. The second kappa shape index (κ2) is 8.81. The number of hydrogen-bond donors (Lipinski definition) is 1. The van der Waals surface area contributed by atoms with Gasteiger partial charge in [-0.05, 0) is 58.2 Å². The third kappa shape index (κ3) is 6.30. The monoisotopic (exact) mass is 337 g/mol. The van der Waals surface area contributed by atoms with Crippen LogP contribution in [0.2, 0.25) is 0 Å². The maximum Gasteiger partial charge on any atom is 0.408 e. The maximum absolute atomic E-state index is 12.1. The van der Waals surface area contributed by atoms with E-state index in [4.69, 9.17) is 14.2 Å². The SMILES string of the molecule is CCOc1ccc([C@H](NC(=O)OC(C)(C)C)C(C)C)cc1OCC. The van der Waals surface area contributed by atoms with Crippen LogP contribution in [0, 0.1) is 5.92 Å².